The number of para-hydroxylation sites is 2. The second-order valence-electron chi connectivity index (χ2n) is 5.40. The molecule has 0 saturated carbocycles. The molecule has 1 aliphatic rings. The third-order valence-electron chi connectivity index (χ3n) is 3.98. The van der Waals surface area contributed by atoms with Crippen molar-refractivity contribution < 1.29 is 0 Å². The number of rotatable bonds is 2. The Morgan fingerprint density at radius 2 is 1.61 bits per heavy atom. The zero-order valence-electron chi connectivity index (χ0n) is 12.8. The van der Waals surface area contributed by atoms with E-state index in [2.05, 4.69) is 45.5 Å². The monoisotopic (exact) mass is 322 g/mol. The lowest BCUT2D eigenvalue weighted by atomic mass is 10.2. The first-order valence-electron chi connectivity index (χ1n) is 7.63. The van der Waals surface area contributed by atoms with Gasteiger partial charge in [-0.2, -0.15) is 5.26 Å². The van der Waals surface area contributed by atoms with Crippen molar-refractivity contribution in [1.29, 1.82) is 5.26 Å². The number of nitrogens with zero attached hydrogens (tertiary/aromatic N) is 3. The van der Waals surface area contributed by atoms with Crippen LogP contribution in [0, 0.1) is 11.3 Å². The summed E-state index contributed by atoms with van der Waals surface area (Å²) in [6.45, 7) is 3.61. The van der Waals surface area contributed by atoms with Crippen LogP contribution in [0.5, 0.6) is 0 Å². The Labute approximate surface area is 141 Å². The lowest BCUT2D eigenvalue weighted by molar-refractivity contribution is 0.391. The molecule has 0 radical (unpaired) electrons. The number of thiocarbonyl (C=S) groups is 1. The second kappa shape index (κ2) is 7.12. The van der Waals surface area contributed by atoms with Crippen molar-refractivity contribution in [2.24, 2.45) is 0 Å². The average Bonchev–Trinajstić information content (AvgIpc) is 2.63. The van der Waals surface area contributed by atoms with E-state index in [1.807, 2.05) is 24.3 Å². The summed E-state index contributed by atoms with van der Waals surface area (Å²) < 4.78 is 0. The molecule has 0 unspecified atom stereocenters. The van der Waals surface area contributed by atoms with Crippen LogP contribution in [0.25, 0.3) is 0 Å². The Balaban J connectivity index is 1.59. The van der Waals surface area contributed by atoms with Gasteiger partial charge in [0.1, 0.15) is 6.07 Å². The number of nitrogens with one attached hydrogen (secondary N) is 1. The van der Waals surface area contributed by atoms with Gasteiger partial charge < -0.3 is 15.1 Å². The van der Waals surface area contributed by atoms with Gasteiger partial charge in [-0.15, -0.1) is 0 Å². The molecule has 0 bridgehead atoms. The van der Waals surface area contributed by atoms with Gasteiger partial charge in [0, 0.05) is 31.9 Å². The van der Waals surface area contributed by atoms with Gasteiger partial charge >= 0.3 is 0 Å². The molecule has 0 amide bonds. The zero-order valence-corrected chi connectivity index (χ0v) is 13.6. The summed E-state index contributed by atoms with van der Waals surface area (Å²) in [4.78, 5) is 4.52. The van der Waals surface area contributed by atoms with Crippen LogP contribution in [-0.2, 0) is 0 Å². The van der Waals surface area contributed by atoms with Gasteiger partial charge in [-0.3, -0.25) is 0 Å². The van der Waals surface area contributed by atoms with E-state index in [-0.39, 0.29) is 0 Å². The molecular formula is C18H18N4S. The lowest BCUT2D eigenvalue weighted by Crippen LogP contribution is -2.50. The predicted molar refractivity (Wildman–Crippen MR) is 97.6 cm³/mol. The molecule has 2 aromatic rings. The molecule has 1 saturated heterocycles. The van der Waals surface area contributed by atoms with Crippen LogP contribution in [0.4, 0.5) is 11.4 Å². The van der Waals surface area contributed by atoms with E-state index in [0.29, 0.717) is 10.7 Å². The first-order chi connectivity index (χ1) is 11.3. The number of hydrogen-bond acceptors (Lipinski definition) is 3. The van der Waals surface area contributed by atoms with E-state index >= 15 is 0 Å². The van der Waals surface area contributed by atoms with Crippen LogP contribution in [0.2, 0.25) is 0 Å². The Morgan fingerprint density at radius 3 is 2.30 bits per heavy atom. The van der Waals surface area contributed by atoms with Gasteiger partial charge in [-0.25, -0.2) is 0 Å². The molecule has 0 spiro atoms. The minimum Gasteiger partial charge on any atom is -0.368 e. The van der Waals surface area contributed by atoms with E-state index in [0.717, 1.165) is 31.9 Å². The number of hydrogen-bond donors (Lipinski definition) is 1. The SMILES string of the molecule is N#Cc1ccccc1NC(=S)N1CCN(c2ccccc2)CC1. The maximum atomic E-state index is 9.15. The molecule has 2 aromatic carbocycles. The fourth-order valence-electron chi connectivity index (χ4n) is 2.69. The van der Waals surface area contributed by atoms with E-state index in [4.69, 9.17) is 17.5 Å². The Bertz CT molecular complexity index is 715. The topological polar surface area (TPSA) is 42.3 Å². The highest BCUT2D eigenvalue weighted by molar-refractivity contribution is 7.80. The highest BCUT2D eigenvalue weighted by Crippen LogP contribution is 2.18. The molecule has 4 nitrogen and oxygen atoms in total. The zero-order chi connectivity index (χ0) is 16.1. The second-order valence-corrected chi connectivity index (χ2v) is 5.78. The fraction of sp³-hybridized carbons (Fsp3) is 0.222. The van der Waals surface area contributed by atoms with Gasteiger partial charge in [0.25, 0.3) is 0 Å². The van der Waals surface area contributed by atoms with Gasteiger partial charge in [0.2, 0.25) is 0 Å². The molecule has 1 N–H and O–H groups in total. The largest absolute Gasteiger partial charge is 0.368 e. The molecule has 23 heavy (non-hydrogen) atoms. The van der Waals surface area contributed by atoms with E-state index in [9.17, 15) is 0 Å². The molecule has 1 fully saturated rings. The van der Waals surface area contributed by atoms with Crippen molar-refractivity contribution >= 4 is 28.7 Å². The molecule has 116 valence electrons. The number of anilines is 2. The summed E-state index contributed by atoms with van der Waals surface area (Å²) in [5.74, 6) is 0. The summed E-state index contributed by atoms with van der Waals surface area (Å²) in [6, 6.07) is 20.0. The Kier molecular flexibility index (Phi) is 4.74. The molecule has 1 heterocycles. The van der Waals surface area contributed by atoms with Crippen LogP contribution in [0.3, 0.4) is 0 Å². The van der Waals surface area contributed by atoms with Crippen molar-refractivity contribution in [2.45, 2.75) is 0 Å². The quantitative estimate of drug-likeness (QED) is 0.861. The minimum absolute atomic E-state index is 0.609. The van der Waals surface area contributed by atoms with Gasteiger partial charge in [-0.1, -0.05) is 30.3 Å². The fourth-order valence-corrected chi connectivity index (χ4v) is 2.98. The maximum absolute atomic E-state index is 9.15. The predicted octanol–water partition coefficient (Wildman–Crippen LogP) is 3.08. The third-order valence-corrected chi connectivity index (χ3v) is 4.34. The standard InChI is InChI=1S/C18H18N4S/c19-14-15-6-4-5-9-17(15)20-18(23)22-12-10-21(11-13-22)16-7-2-1-3-8-16/h1-9H,10-13H2,(H,20,23). The number of benzene rings is 2. The van der Waals surface area contributed by atoms with E-state index in [1.165, 1.54) is 5.69 Å². The molecular weight excluding hydrogens is 304 g/mol. The van der Waals surface area contributed by atoms with Crippen molar-refractivity contribution in [3.05, 3.63) is 60.2 Å². The summed E-state index contributed by atoms with van der Waals surface area (Å²) >= 11 is 5.51. The van der Waals surface area contributed by atoms with Crippen molar-refractivity contribution in [1.82, 2.24) is 4.90 Å². The molecule has 3 rings (SSSR count). The van der Waals surface area contributed by atoms with Crippen LogP contribution in [0.15, 0.2) is 54.6 Å². The van der Waals surface area contributed by atoms with Crippen LogP contribution < -0.4 is 10.2 Å². The highest BCUT2D eigenvalue weighted by atomic mass is 32.1. The first kappa shape index (κ1) is 15.3. The van der Waals surface area contributed by atoms with Gasteiger partial charge in [0.15, 0.2) is 5.11 Å². The molecule has 0 aliphatic carbocycles. The van der Waals surface area contributed by atoms with Crippen molar-refractivity contribution in [2.75, 3.05) is 36.4 Å². The minimum atomic E-state index is 0.609. The highest BCUT2D eigenvalue weighted by Gasteiger charge is 2.19. The van der Waals surface area contributed by atoms with E-state index < -0.39 is 0 Å². The summed E-state index contributed by atoms with van der Waals surface area (Å²) in [7, 11) is 0. The van der Waals surface area contributed by atoms with Crippen LogP contribution in [0.1, 0.15) is 5.56 Å². The third kappa shape index (κ3) is 3.61. The van der Waals surface area contributed by atoms with Gasteiger partial charge in [0.05, 0.1) is 11.3 Å². The Morgan fingerprint density at radius 1 is 0.957 bits per heavy atom. The van der Waals surface area contributed by atoms with Crippen molar-refractivity contribution in [3.63, 3.8) is 0 Å². The summed E-state index contributed by atoms with van der Waals surface area (Å²) in [5.41, 5.74) is 2.63. The summed E-state index contributed by atoms with van der Waals surface area (Å²) in [6.07, 6.45) is 0. The summed E-state index contributed by atoms with van der Waals surface area (Å²) in [5, 5.41) is 13.0. The van der Waals surface area contributed by atoms with Crippen LogP contribution in [-0.4, -0.2) is 36.2 Å². The average molecular weight is 322 g/mol. The smallest absolute Gasteiger partial charge is 0.173 e. The van der Waals surface area contributed by atoms with Crippen molar-refractivity contribution in [3.8, 4) is 6.07 Å². The number of nitriles is 1. The Hall–Kier alpha value is -2.58. The van der Waals surface area contributed by atoms with Crippen LogP contribution >= 0.6 is 12.2 Å². The maximum Gasteiger partial charge on any atom is 0.173 e. The first-order valence-corrected chi connectivity index (χ1v) is 8.04. The lowest BCUT2D eigenvalue weighted by Gasteiger charge is -2.37. The molecule has 1 aliphatic heterocycles. The molecule has 0 aromatic heterocycles. The normalized spacial score (nSPS) is 14.2. The van der Waals surface area contributed by atoms with E-state index in [1.54, 1.807) is 6.07 Å². The van der Waals surface area contributed by atoms with Gasteiger partial charge in [-0.05, 0) is 36.5 Å². The molecule has 5 heteroatoms. The number of piperazine rings is 1. The molecule has 0 atom stereocenters.